The van der Waals surface area contributed by atoms with Crippen LogP contribution in [-0.2, 0) is 35.3 Å². The van der Waals surface area contributed by atoms with Gasteiger partial charge in [0.15, 0.2) is 5.69 Å². The molecule has 0 bridgehead atoms. The Morgan fingerprint density at radius 1 is 1.09 bits per heavy atom. The van der Waals surface area contributed by atoms with Gasteiger partial charge in [0.25, 0.3) is 0 Å². The highest BCUT2D eigenvalue weighted by Crippen LogP contribution is 2.36. The number of rotatable bonds is 5. The zero-order valence-corrected chi connectivity index (χ0v) is 18.1. The standard InChI is InChI=1S/C23H26F4N4O2/c24-17-7-3-15(4-8-17)12-31-19-13-30(10-9-18(19)21(29-31)23(25,26)27)20(32)11-14-1-5-16(6-2-14)22(28)33/h3-4,7-8,14,16H,1-2,5-6,9-13H2,(H2,28,33)/t14-,16+. The number of halogens is 4. The van der Waals surface area contributed by atoms with Crippen LogP contribution in [0, 0.1) is 17.7 Å². The summed E-state index contributed by atoms with van der Waals surface area (Å²) < 4.78 is 55.3. The van der Waals surface area contributed by atoms with Crippen molar-refractivity contribution < 1.29 is 27.2 Å². The summed E-state index contributed by atoms with van der Waals surface area (Å²) in [4.78, 5) is 25.9. The Balaban J connectivity index is 1.49. The van der Waals surface area contributed by atoms with Gasteiger partial charge in [-0.3, -0.25) is 14.3 Å². The quantitative estimate of drug-likeness (QED) is 0.683. The van der Waals surface area contributed by atoms with Crippen LogP contribution in [-0.4, -0.2) is 33.0 Å². The van der Waals surface area contributed by atoms with E-state index >= 15 is 0 Å². The first-order valence-corrected chi connectivity index (χ1v) is 11.1. The monoisotopic (exact) mass is 466 g/mol. The maximum Gasteiger partial charge on any atom is 0.435 e. The van der Waals surface area contributed by atoms with Crippen molar-refractivity contribution in [2.75, 3.05) is 6.54 Å². The van der Waals surface area contributed by atoms with Gasteiger partial charge in [0, 0.05) is 24.4 Å². The third-order valence-corrected chi connectivity index (χ3v) is 6.72. The lowest BCUT2D eigenvalue weighted by atomic mass is 9.80. The molecule has 0 radical (unpaired) electrons. The van der Waals surface area contributed by atoms with E-state index in [4.69, 9.17) is 5.73 Å². The summed E-state index contributed by atoms with van der Waals surface area (Å²) in [6.07, 6.45) is -1.41. The van der Waals surface area contributed by atoms with Crippen molar-refractivity contribution >= 4 is 11.8 Å². The van der Waals surface area contributed by atoms with Crippen molar-refractivity contribution in [1.29, 1.82) is 0 Å². The molecule has 1 aliphatic heterocycles. The maximum atomic E-state index is 13.6. The van der Waals surface area contributed by atoms with Gasteiger partial charge < -0.3 is 10.6 Å². The van der Waals surface area contributed by atoms with Crippen LogP contribution in [0.25, 0.3) is 0 Å². The first kappa shape index (κ1) is 23.3. The molecule has 0 unspecified atom stereocenters. The van der Waals surface area contributed by atoms with Crippen molar-refractivity contribution in [3.05, 3.63) is 52.6 Å². The minimum atomic E-state index is -4.59. The molecule has 2 N–H and O–H groups in total. The molecule has 2 aliphatic rings. The summed E-state index contributed by atoms with van der Waals surface area (Å²) >= 11 is 0. The Kier molecular flexibility index (Phi) is 6.45. The number of nitrogens with two attached hydrogens (primary N) is 1. The average Bonchev–Trinajstić information content (AvgIpc) is 3.14. The summed E-state index contributed by atoms with van der Waals surface area (Å²) in [6.45, 7) is 0.306. The molecular weight excluding hydrogens is 440 g/mol. The smallest absolute Gasteiger partial charge is 0.369 e. The van der Waals surface area contributed by atoms with E-state index in [0.29, 0.717) is 30.5 Å². The first-order valence-electron chi connectivity index (χ1n) is 11.1. The van der Waals surface area contributed by atoms with Gasteiger partial charge in [0.1, 0.15) is 5.82 Å². The first-order chi connectivity index (χ1) is 15.6. The fraction of sp³-hybridized carbons (Fsp3) is 0.522. The number of benzene rings is 1. The highest BCUT2D eigenvalue weighted by molar-refractivity contribution is 5.78. The van der Waals surface area contributed by atoms with Crippen LogP contribution in [0.2, 0.25) is 0 Å². The molecule has 2 aromatic rings. The largest absolute Gasteiger partial charge is 0.435 e. The highest BCUT2D eigenvalue weighted by atomic mass is 19.4. The van der Waals surface area contributed by atoms with Gasteiger partial charge >= 0.3 is 6.18 Å². The molecule has 10 heteroatoms. The Morgan fingerprint density at radius 3 is 2.36 bits per heavy atom. The number of carbonyl (C=O) groups excluding carboxylic acids is 2. The molecule has 178 valence electrons. The van der Waals surface area contributed by atoms with Crippen LogP contribution >= 0.6 is 0 Å². The van der Waals surface area contributed by atoms with Crippen molar-refractivity contribution in [2.45, 2.75) is 57.8 Å². The van der Waals surface area contributed by atoms with Gasteiger partial charge in [-0.15, -0.1) is 0 Å². The maximum absolute atomic E-state index is 13.6. The van der Waals surface area contributed by atoms with Crippen LogP contribution in [0.1, 0.15) is 54.6 Å². The lowest BCUT2D eigenvalue weighted by Gasteiger charge is -2.31. The zero-order chi connectivity index (χ0) is 23.8. The second kappa shape index (κ2) is 9.15. The third kappa shape index (κ3) is 5.20. The van der Waals surface area contributed by atoms with Crippen LogP contribution in [0.5, 0.6) is 0 Å². The van der Waals surface area contributed by atoms with Gasteiger partial charge in [-0.2, -0.15) is 18.3 Å². The summed E-state index contributed by atoms with van der Waals surface area (Å²) in [5.74, 6) is -0.844. The number of aromatic nitrogens is 2. The molecule has 6 nitrogen and oxygen atoms in total. The summed E-state index contributed by atoms with van der Waals surface area (Å²) in [5.41, 5.74) is 5.55. The van der Waals surface area contributed by atoms with Crippen molar-refractivity contribution in [3.8, 4) is 0 Å². The Morgan fingerprint density at radius 2 is 1.76 bits per heavy atom. The molecular formula is C23H26F4N4O2. The molecule has 0 spiro atoms. The van der Waals surface area contributed by atoms with E-state index in [2.05, 4.69) is 5.10 Å². The topological polar surface area (TPSA) is 81.2 Å². The van der Waals surface area contributed by atoms with E-state index in [1.165, 1.54) is 28.9 Å². The van der Waals surface area contributed by atoms with E-state index in [-0.39, 0.29) is 55.3 Å². The normalized spacial score (nSPS) is 21.0. The molecule has 0 saturated heterocycles. The average molecular weight is 466 g/mol. The molecule has 4 rings (SSSR count). The number of amides is 2. The van der Waals surface area contributed by atoms with Crippen molar-refractivity contribution in [2.24, 2.45) is 17.6 Å². The van der Waals surface area contributed by atoms with Crippen LogP contribution in [0.4, 0.5) is 17.6 Å². The van der Waals surface area contributed by atoms with Crippen LogP contribution in [0.15, 0.2) is 24.3 Å². The summed E-state index contributed by atoms with van der Waals surface area (Å²) in [6, 6.07) is 5.51. The van der Waals surface area contributed by atoms with E-state index in [9.17, 15) is 27.2 Å². The number of primary amides is 1. The highest BCUT2D eigenvalue weighted by Gasteiger charge is 2.41. The van der Waals surface area contributed by atoms with E-state index in [1.807, 2.05) is 0 Å². The third-order valence-electron chi connectivity index (χ3n) is 6.72. The van der Waals surface area contributed by atoms with Crippen LogP contribution < -0.4 is 5.73 Å². The number of hydrogen-bond acceptors (Lipinski definition) is 3. The number of alkyl halides is 3. The predicted molar refractivity (Wildman–Crippen MR) is 111 cm³/mol. The van der Waals surface area contributed by atoms with Crippen LogP contribution in [0.3, 0.4) is 0 Å². The molecule has 1 aliphatic carbocycles. The molecule has 33 heavy (non-hydrogen) atoms. The second-order valence-electron chi connectivity index (χ2n) is 8.95. The van der Waals surface area contributed by atoms with Gasteiger partial charge in [0.05, 0.1) is 18.8 Å². The molecule has 1 aromatic carbocycles. The van der Waals surface area contributed by atoms with Crippen molar-refractivity contribution in [3.63, 3.8) is 0 Å². The number of fused-ring (bicyclic) bond motifs is 1. The molecule has 0 atom stereocenters. The van der Waals surface area contributed by atoms with Gasteiger partial charge in [0.2, 0.25) is 11.8 Å². The van der Waals surface area contributed by atoms with E-state index in [0.717, 1.165) is 12.8 Å². The second-order valence-corrected chi connectivity index (χ2v) is 8.95. The number of nitrogens with zero attached hydrogens (tertiary/aromatic N) is 3. The zero-order valence-electron chi connectivity index (χ0n) is 18.1. The number of hydrogen-bond donors (Lipinski definition) is 1. The fourth-order valence-electron chi connectivity index (χ4n) is 4.84. The van der Waals surface area contributed by atoms with E-state index < -0.39 is 17.7 Å². The fourth-order valence-corrected chi connectivity index (χ4v) is 4.84. The molecule has 1 saturated carbocycles. The summed E-state index contributed by atoms with van der Waals surface area (Å²) in [7, 11) is 0. The SMILES string of the molecule is NC(=O)[C@H]1CC[C@@H](CC(=O)N2CCc3c(C(F)(F)F)nn(Cc4ccc(F)cc4)c3C2)CC1. The molecule has 2 amide bonds. The summed E-state index contributed by atoms with van der Waals surface area (Å²) in [5, 5.41) is 3.83. The minimum Gasteiger partial charge on any atom is -0.369 e. The van der Waals surface area contributed by atoms with Crippen molar-refractivity contribution in [1.82, 2.24) is 14.7 Å². The molecule has 1 fully saturated rings. The molecule has 1 aromatic heterocycles. The van der Waals surface area contributed by atoms with Gasteiger partial charge in [-0.05, 0) is 55.7 Å². The van der Waals surface area contributed by atoms with E-state index in [1.54, 1.807) is 4.90 Å². The van der Waals surface area contributed by atoms with Gasteiger partial charge in [-0.25, -0.2) is 4.39 Å². The minimum absolute atomic E-state index is 0.0507. The number of carbonyl (C=O) groups is 2. The van der Waals surface area contributed by atoms with Gasteiger partial charge in [-0.1, -0.05) is 12.1 Å². The molecule has 2 heterocycles. The predicted octanol–water partition coefficient (Wildman–Crippen LogP) is 3.66. The Bertz CT molecular complexity index is 1020. The Hall–Kier alpha value is -2.91. The lowest BCUT2D eigenvalue weighted by Crippen LogP contribution is -2.38. The lowest BCUT2D eigenvalue weighted by molar-refractivity contribution is -0.142. The Labute approximate surface area is 188 Å².